The van der Waals surface area contributed by atoms with Crippen molar-refractivity contribution in [2.24, 2.45) is 17.0 Å². The molecule has 0 bridgehead atoms. The summed E-state index contributed by atoms with van der Waals surface area (Å²) in [5.41, 5.74) is 1.88. The van der Waals surface area contributed by atoms with Gasteiger partial charge in [-0.1, -0.05) is 34.1 Å². The van der Waals surface area contributed by atoms with Crippen LogP contribution in [0.15, 0.2) is 35.5 Å². The average molecular weight is 478 g/mol. The number of hydrogen-bond acceptors (Lipinski definition) is 6. The molecular weight excluding hydrogens is 444 g/mol. The van der Waals surface area contributed by atoms with Crippen LogP contribution in [0.4, 0.5) is 20.3 Å². The van der Waals surface area contributed by atoms with E-state index in [0.29, 0.717) is 28.0 Å². The molecule has 1 saturated heterocycles. The second-order valence-electron chi connectivity index (χ2n) is 8.57. The van der Waals surface area contributed by atoms with Gasteiger partial charge in [-0.25, -0.2) is 18.7 Å². The van der Waals surface area contributed by atoms with Crippen molar-refractivity contribution in [3.8, 4) is 0 Å². The third kappa shape index (κ3) is 5.46. The van der Waals surface area contributed by atoms with Crippen molar-refractivity contribution in [1.29, 1.82) is 0 Å². The van der Waals surface area contributed by atoms with Gasteiger partial charge in [0, 0.05) is 48.4 Å². The zero-order valence-corrected chi connectivity index (χ0v) is 20.5. The summed E-state index contributed by atoms with van der Waals surface area (Å²) in [5, 5.41) is 9.00. The smallest absolute Gasteiger partial charge is 0.259 e. The largest absolute Gasteiger partial charge is 0.355 e. The van der Waals surface area contributed by atoms with Gasteiger partial charge in [-0.05, 0) is 49.1 Å². The Labute approximate surface area is 198 Å². The molecule has 9 heteroatoms. The summed E-state index contributed by atoms with van der Waals surface area (Å²) in [7, 11) is 0. The number of amides is 1. The molecule has 1 aliphatic carbocycles. The van der Waals surface area contributed by atoms with Gasteiger partial charge in [0.15, 0.2) is 0 Å². The van der Waals surface area contributed by atoms with E-state index in [1.165, 1.54) is 0 Å². The zero-order valence-electron chi connectivity index (χ0n) is 19.6. The minimum atomic E-state index is -2.74. The predicted molar refractivity (Wildman–Crippen MR) is 130 cm³/mol. The lowest BCUT2D eigenvalue weighted by atomic mass is 9.82. The molecule has 33 heavy (non-hydrogen) atoms. The first-order valence-electron chi connectivity index (χ1n) is 11.6. The number of nitrogens with zero attached hydrogens (tertiary/aromatic N) is 3. The average Bonchev–Trinajstić information content (AvgIpc) is 2.77. The second kappa shape index (κ2) is 10.8. The molecule has 2 aromatic heterocycles. The Morgan fingerprint density at radius 3 is 2.42 bits per heavy atom. The van der Waals surface area contributed by atoms with Crippen molar-refractivity contribution in [3.63, 3.8) is 0 Å². The van der Waals surface area contributed by atoms with Gasteiger partial charge in [0.05, 0.1) is 5.56 Å². The molecule has 2 fully saturated rings. The van der Waals surface area contributed by atoms with E-state index in [9.17, 15) is 13.6 Å². The summed E-state index contributed by atoms with van der Waals surface area (Å²) < 4.78 is 28.9. The normalized spacial score (nSPS) is 22.1. The molecule has 6 nitrogen and oxygen atoms in total. The first-order valence-corrected chi connectivity index (χ1v) is 12.5. The first kappa shape index (κ1) is 25.4. The molecule has 3 N–H and O–H groups in total. The van der Waals surface area contributed by atoms with Crippen LogP contribution in [0.2, 0.25) is 0 Å². The number of nitrogens with one attached hydrogen (secondary N) is 1. The van der Waals surface area contributed by atoms with E-state index in [-0.39, 0.29) is 19.0 Å². The SMILES string of the molecule is CC.CC1CN(c2nc(C3CCC3)ccc2C(=O)Nc2ccnc(SN)c2)CC(C)C1(F)F. The fourth-order valence-electron chi connectivity index (χ4n) is 4.20. The van der Waals surface area contributed by atoms with Gasteiger partial charge >= 0.3 is 0 Å². The van der Waals surface area contributed by atoms with Crippen molar-refractivity contribution in [3.05, 3.63) is 41.7 Å². The quantitative estimate of drug-likeness (QED) is 0.536. The van der Waals surface area contributed by atoms with Crippen LogP contribution in [-0.4, -0.2) is 34.9 Å². The number of hydrogen-bond donors (Lipinski definition) is 2. The number of carbonyl (C=O) groups excluding carboxylic acids is 1. The van der Waals surface area contributed by atoms with Crippen LogP contribution in [0.1, 0.15) is 68.9 Å². The molecule has 1 aliphatic heterocycles. The number of aromatic nitrogens is 2. The highest BCUT2D eigenvalue weighted by Gasteiger charge is 2.47. The maximum atomic E-state index is 14.4. The lowest BCUT2D eigenvalue weighted by Crippen LogP contribution is -2.52. The van der Waals surface area contributed by atoms with Gasteiger partial charge in [0.25, 0.3) is 11.8 Å². The van der Waals surface area contributed by atoms with Gasteiger partial charge in [0.2, 0.25) is 0 Å². The lowest BCUT2D eigenvalue weighted by molar-refractivity contribution is -0.105. The Kier molecular flexibility index (Phi) is 8.28. The van der Waals surface area contributed by atoms with E-state index in [0.717, 1.165) is 36.9 Å². The van der Waals surface area contributed by atoms with Crippen molar-refractivity contribution < 1.29 is 13.6 Å². The summed E-state index contributed by atoms with van der Waals surface area (Å²) >= 11 is 0.992. The molecule has 2 unspecified atom stereocenters. The van der Waals surface area contributed by atoms with Crippen molar-refractivity contribution >= 4 is 29.4 Å². The molecule has 0 spiro atoms. The van der Waals surface area contributed by atoms with Crippen LogP contribution >= 0.6 is 11.9 Å². The second-order valence-corrected chi connectivity index (χ2v) is 9.23. The van der Waals surface area contributed by atoms with Gasteiger partial charge in [-0.3, -0.25) is 9.93 Å². The van der Waals surface area contributed by atoms with Gasteiger partial charge in [-0.2, -0.15) is 0 Å². The molecule has 4 rings (SSSR count). The summed E-state index contributed by atoms with van der Waals surface area (Å²) in [6.07, 6.45) is 4.87. The fourth-order valence-corrected chi connectivity index (χ4v) is 4.52. The Bertz CT molecular complexity index is 956. The highest BCUT2D eigenvalue weighted by molar-refractivity contribution is 7.97. The van der Waals surface area contributed by atoms with Crippen molar-refractivity contribution in [2.45, 2.75) is 63.8 Å². The molecule has 3 heterocycles. The number of pyridine rings is 2. The first-order chi connectivity index (χ1) is 15.8. The topological polar surface area (TPSA) is 84.1 Å². The number of piperidine rings is 1. The van der Waals surface area contributed by atoms with E-state index < -0.39 is 17.8 Å². The minimum Gasteiger partial charge on any atom is -0.355 e. The molecule has 0 radical (unpaired) electrons. The van der Waals surface area contributed by atoms with Crippen LogP contribution < -0.4 is 15.4 Å². The summed E-state index contributed by atoms with van der Waals surface area (Å²) in [5.74, 6) is -3.87. The molecule has 0 aromatic carbocycles. The highest BCUT2D eigenvalue weighted by Crippen LogP contribution is 2.41. The molecule has 1 amide bonds. The molecule has 1 saturated carbocycles. The number of anilines is 2. The zero-order chi connectivity index (χ0) is 24.2. The van der Waals surface area contributed by atoms with E-state index in [1.807, 2.05) is 24.8 Å². The van der Waals surface area contributed by atoms with Crippen LogP contribution in [0.25, 0.3) is 0 Å². The molecule has 2 aliphatic rings. The monoisotopic (exact) mass is 477 g/mol. The van der Waals surface area contributed by atoms with E-state index >= 15 is 0 Å². The Morgan fingerprint density at radius 1 is 1.18 bits per heavy atom. The van der Waals surface area contributed by atoms with Gasteiger partial charge in [-0.15, -0.1) is 0 Å². The summed E-state index contributed by atoms with van der Waals surface area (Å²) in [4.78, 5) is 23.9. The summed E-state index contributed by atoms with van der Waals surface area (Å²) in [6.45, 7) is 7.42. The number of rotatable bonds is 5. The molecule has 2 aromatic rings. The maximum Gasteiger partial charge on any atom is 0.259 e. The van der Waals surface area contributed by atoms with Gasteiger partial charge in [0.1, 0.15) is 10.8 Å². The number of halogens is 2. The number of carbonyl (C=O) groups is 1. The van der Waals surface area contributed by atoms with E-state index in [1.54, 1.807) is 38.2 Å². The Morgan fingerprint density at radius 2 is 1.85 bits per heavy atom. The fraction of sp³-hybridized carbons (Fsp3) is 0.542. The summed E-state index contributed by atoms with van der Waals surface area (Å²) in [6, 6.07) is 7.03. The standard InChI is InChI=1S/C22H27F2N5OS.C2H6/c1-13-11-29(12-14(2)22(13,23)24)20-17(6-7-18(28-20)15-4-3-5-15)21(30)27-16-8-9-26-19(10-16)31-25;1-2/h6-10,13-15H,3-5,11-12,25H2,1-2H3,(H,26,27,30);1-2H3. The highest BCUT2D eigenvalue weighted by atomic mass is 32.2. The van der Waals surface area contributed by atoms with E-state index in [2.05, 4.69) is 10.3 Å². The van der Waals surface area contributed by atoms with E-state index in [4.69, 9.17) is 10.1 Å². The number of nitrogens with two attached hydrogens (primary N) is 1. The molecular formula is C24H33F2N5OS. The van der Waals surface area contributed by atoms with Crippen LogP contribution in [0, 0.1) is 11.8 Å². The van der Waals surface area contributed by atoms with Crippen LogP contribution in [-0.2, 0) is 0 Å². The van der Waals surface area contributed by atoms with Crippen molar-refractivity contribution in [2.75, 3.05) is 23.3 Å². The Hall–Kier alpha value is -2.26. The van der Waals surface area contributed by atoms with Crippen LogP contribution in [0.3, 0.4) is 0 Å². The van der Waals surface area contributed by atoms with Crippen molar-refractivity contribution in [1.82, 2.24) is 9.97 Å². The minimum absolute atomic E-state index is 0.155. The third-order valence-corrected chi connectivity index (χ3v) is 6.85. The molecule has 2 atom stereocenters. The lowest BCUT2D eigenvalue weighted by Gasteiger charge is -2.42. The van der Waals surface area contributed by atoms with Crippen LogP contribution in [0.5, 0.6) is 0 Å². The molecule has 180 valence electrons. The third-order valence-electron chi connectivity index (χ3n) is 6.38. The maximum absolute atomic E-state index is 14.4. The Balaban J connectivity index is 0.00000149. The number of alkyl halides is 2. The predicted octanol–water partition coefficient (Wildman–Crippen LogP) is 5.72. The van der Waals surface area contributed by atoms with Gasteiger partial charge < -0.3 is 10.2 Å².